The largest absolute Gasteiger partial charge is 0.396 e. The molecular formula is C21H21N3O2. The van der Waals surface area contributed by atoms with Crippen LogP contribution in [0.5, 0.6) is 0 Å². The lowest BCUT2D eigenvalue weighted by atomic mass is 10.1. The van der Waals surface area contributed by atoms with Crippen molar-refractivity contribution in [2.45, 2.75) is 6.42 Å². The quantitative estimate of drug-likeness (QED) is 0.526. The molecule has 5 heteroatoms. The molecule has 0 saturated heterocycles. The molecule has 0 aliphatic heterocycles. The molecule has 0 bridgehead atoms. The third kappa shape index (κ3) is 4.84. The highest BCUT2D eigenvalue weighted by Gasteiger charge is 2.06. The van der Waals surface area contributed by atoms with Crippen LogP contribution in [0.4, 0.5) is 27.5 Å². The predicted molar refractivity (Wildman–Crippen MR) is 106 cm³/mol. The van der Waals surface area contributed by atoms with E-state index in [4.69, 9.17) is 5.11 Å². The van der Waals surface area contributed by atoms with Gasteiger partial charge in [0.15, 0.2) is 0 Å². The molecule has 0 fully saturated rings. The first-order chi connectivity index (χ1) is 12.7. The van der Waals surface area contributed by atoms with Gasteiger partial charge in [-0.1, -0.05) is 36.4 Å². The third-order valence-corrected chi connectivity index (χ3v) is 3.85. The normalized spacial score (nSPS) is 10.2. The van der Waals surface area contributed by atoms with Gasteiger partial charge in [0.2, 0.25) is 0 Å². The summed E-state index contributed by atoms with van der Waals surface area (Å²) in [6.07, 6.45) is 0.496. The number of rotatable bonds is 6. The summed E-state index contributed by atoms with van der Waals surface area (Å²) in [5, 5.41) is 18.0. The number of benzene rings is 3. The molecule has 0 unspecified atom stereocenters. The van der Waals surface area contributed by atoms with E-state index in [9.17, 15) is 4.79 Å². The summed E-state index contributed by atoms with van der Waals surface area (Å²) in [6.45, 7) is 0.0379. The van der Waals surface area contributed by atoms with Crippen molar-refractivity contribution in [3.63, 3.8) is 0 Å². The summed E-state index contributed by atoms with van der Waals surface area (Å²) in [6, 6.07) is 24.5. The van der Waals surface area contributed by atoms with Crippen molar-refractivity contribution in [3.8, 4) is 0 Å². The molecule has 0 heterocycles. The molecule has 26 heavy (non-hydrogen) atoms. The van der Waals surface area contributed by atoms with Gasteiger partial charge < -0.3 is 21.1 Å². The summed E-state index contributed by atoms with van der Waals surface area (Å²) in [5.74, 6) is 0. The lowest BCUT2D eigenvalue weighted by Crippen LogP contribution is -2.20. The molecule has 0 saturated carbocycles. The number of anilines is 4. The predicted octanol–water partition coefficient (Wildman–Crippen LogP) is 4.61. The van der Waals surface area contributed by atoms with E-state index in [2.05, 4.69) is 16.0 Å². The topological polar surface area (TPSA) is 73.4 Å². The van der Waals surface area contributed by atoms with Crippen LogP contribution in [0.2, 0.25) is 0 Å². The first kappa shape index (κ1) is 17.5. The molecular weight excluding hydrogens is 326 g/mol. The first-order valence-corrected chi connectivity index (χ1v) is 8.43. The second-order valence-electron chi connectivity index (χ2n) is 5.78. The molecule has 0 aliphatic rings. The van der Waals surface area contributed by atoms with E-state index in [0.717, 1.165) is 16.9 Å². The fourth-order valence-electron chi connectivity index (χ4n) is 2.59. The van der Waals surface area contributed by atoms with Crippen LogP contribution in [0.15, 0.2) is 78.9 Å². The highest BCUT2D eigenvalue weighted by atomic mass is 16.3. The van der Waals surface area contributed by atoms with E-state index in [1.54, 1.807) is 0 Å². The van der Waals surface area contributed by atoms with Crippen LogP contribution in [0, 0.1) is 0 Å². The Hall–Kier alpha value is -3.31. The Kier molecular flexibility index (Phi) is 5.85. The van der Waals surface area contributed by atoms with Crippen molar-refractivity contribution in [2.24, 2.45) is 0 Å². The molecule has 0 aliphatic carbocycles. The van der Waals surface area contributed by atoms with E-state index in [1.807, 2.05) is 78.9 Å². The molecule has 3 rings (SSSR count). The summed E-state index contributed by atoms with van der Waals surface area (Å²) < 4.78 is 0. The zero-order chi connectivity index (χ0) is 18.2. The molecule has 0 radical (unpaired) electrons. The van der Waals surface area contributed by atoms with Gasteiger partial charge >= 0.3 is 6.03 Å². The fraction of sp³-hybridized carbons (Fsp3) is 0.0952. The molecule has 0 aromatic heterocycles. The minimum atomic E-state index is -0.320. The summed E-state index contributed by atoms with van der Waals surface area (Å²) in [7, 11) is 0. The Morgan fingerprint density at radius 3 is 2.08 bits per heavy atom. The monoisotopic (exact) mass is 347 g/mol. The van der Waals surface area contributed by atoms with Crippen LogP contribution in [-0.4, -0.2) is 17.7 Å². The zero-order valence-corrected chi connectivity index (χ0v) is 14.3. The lowest BCUT2D eigenvalue weighted by molar-refractivity contribution is 0.262. The highest BCUT2D eigenvalue weighted by molar-refractivity contribution is 6.00. The van der Waals surface area contributed by atoms with Crippen LogP contribution < -0.4 is 16.0 Å². The lowest BCUT2D eigenvalue weighted by Gasteiger charge is -2.12. The van der Waals surface area contributed by atoms with E-state index < -0.39 is 0 Å². The fourth-order valence-corrected chi connectivity index (χ4v) is 2.59. The number of carbonyl (C=O) groups excluding carboxylic acids is 1. The molecule has 3 aromatic carbocycles. The average molecular weight is 347 g/mol. The Morgan fingerprint density at radius 2 is 1.35 bits per heavy atom. The second-order valence-corrected chi connectivity index (χ2v) is 5.78. The molecule has 3 aromatic rings. The van der Waals surface area contributed by atoms with E-state index in [1.165, 1.54) is 0 Å². The Morgan fingerprint density at radius 1 is 0.731 bits per heavy atom. The van der Waals surface area contributed by atoms with Gasteiger partial charge in [-0.05, 0) is 54.4 Å². The average Bonchev–Trinajstić information content (AvgIpc) is 2.66. The summed E-state index contributed by atoms with van der Waals surface area (Å²) >= 11 is 0. The van der Waals surface area contributed by atoms with Crippen molar-refractivity contribution in [1.29, 1.82) is 0 Å². The van der Waals surface area contributed by atoms with Crippen LogP contribution in [0.1, 0.15) is 5.56 Å². The van der Waals surface area contributed by atoms with Crippen molar-refractivity contribution >= 4 is 28.8 Å². The van der Waals surface area contributed by atoms with Crippen LogP contribution in [-0.2, 0) is 6.42 Å². The Balaban J connectivity index is 1.59. The van der Waals surface area contributed by atoms with E-state index in [0.29, 0.717) is 17.8 Å². The van der Waals surface area contributed by atoms with Crippen LogP contribution in [0.25, 0.3) is 0 Å². The molecule has 5 nitrogen and oxygen atoms in total. The maximum absolute atomic E-state index is 12.2. The number of aliphatic hydroxyl groups excluding tert-OH is 1. The molecule has 132 valence electrons. The van der Waals surface area contributed by atoms with Gasteiger partial charge in [-0.15, -0.1) is 0 Å². The van der Waals surface area contributed by atoms with Crippen molar-refractivity contribution in [1.82, 2.24) is 0 Å². The van der Waals surface area contributed by atoms with Gasteiger partial charge in [0, 0.05) is 29.4 Å². The number of carbonyl (C=O) groups is 1. The van der Waals surface area contributed by atoms with Gasteiger partial charge in [-0.2, -0.15) is 0 Å². The number of nitrogens with one attached hydrogen (secondary N) is 3. The van der Waals surface area contributed by atoms with Gasteiger partial charge in [0.05, 0.1) is 0 Å². The zero-order valence-electron chi connectivity index (χ0n) is 14.3. The molecule has 4 N–H and O–H groups in total. The maximum atomic E-state index is 12.2. The SMILES string of the molecule is O=C(Nc1ccc(Nc2ccccc2)cc1)Nc1ccccc1CCO. The van der Waals surface area contributed by atoms with Crippen LogP contribution in [0.3, 0.4) is 0 Å². The molecule has 0 spiro atoms. The van der Waals surface area contributed by atoms with Crippen LogP contribution >= 0.6 is 0 Å². The maximum Gasteiger partial charge on any atom is 0.323 e. The number of para-hydroxylation sites is 2. The number of hydrogen-bond donors (Lipinski definition) is 4. The van der Waals surface area contributed by atoms with Gasteiger partial charge in [-0.25, -0.2) is 4.79 Å². The smallest absolute Gasteiger partial charge is 0.323 e. The third-order valence-electron chi connectivity index (χ3n) is 3.85. The van der Waals surface area contributed by atoms with E-state index >= 15 is 0 Å². The number of aliphatic hydroxyl groups is 1. The number of hydrogen-bond acceptors (Lipinski definition) is 3. The van der Waals surface area contributed by atoms with Gasteiger partial charge in [0.1, 0.15) is 0 Å². The second kappa shape index (κ2) is 8.69. The van der Waals surface area contributed by atoms with Gasteiger partial charge in [-0.3, -0.25) is 0 Å². The van der Waals surface area contributed by atoms with Crippen molar-refractivity contribution in [2.75, 3.05) is 22.6 Å². The number of urea groups is 1. The summed E-state index contributed by atoms with van der Waals surface area (Å²) in [5.41, 5.74) is 4.23. The van der Waals surface area contributed by atoms with E-state index in [-0.39, 0.29) is 12.6 Å². The standard InChI is InChI=1S/C21H21N3O2/c25-15-14-16-6-4-5-9-20(16)24-21(26)23-19-12-10-18(11-13-19)22-17-7-2-1-3-8-17/h1-13,22,25H,14-15H2,(H2,23,24,26). The molecule has 0 atom stereocenters. The Labute approximate surface area is 152 Å². The minimum absolute atomic E-state index is 0.0379. The number of amides is 2. The Bertz CT molecular complexity index is 849. The van der Waals surface area contributed by atoms with Gasteiger partial charge in [0.25, 0.3) is 0 Å². The molecule has 2 amide bonds. The minimum Gasteiger partial charge on any atom is -0.396 e. The highest BCUT2D eigenvalue weighted by Crippen LogP contribution is 2.19. The van der Waals surface area contributed by atoms with Crippen molar-refractivity contribution < 1.29 is 9.90 Å². The van der Waals surface area contributed by atoms with Crippen molar-refractivity contribution in [3.05, 3.63) is 84.4 Å². The summed E-state index contributed by atoms with van der Waals surface area (Å²) in [4.78, 5) is 12.2. The first-order valence-electron chi connectivity index (χ1n) is 8.43.